The van der Waals surface area contributed by atoms with Crippen LogP contribution in [0, 0.1) is 0 Å². The van der Waals surface area contributed by atoms with E-state index in [1.165, 1.54) is 13.8 Å². The molecule has 1 rings (SSSR count). The van der Waals surface area contributed by atoms with Crippen molar-refractivity contribution in [3.63, 3.8) is 0 Å². The lowest BCUT2D eigenvalue weighted by molar-refractivity contribution is -0.142. The number of hydrogen-bond acceptors (Lipinski definition) is 3. The summed E-state index contributed by atoms with van der Waals surface area (Å²) in [6.07, 6.45) is -5.28. The smallest absolute Gasteiger partial charge is 0.436 e. The molecule has 0 aromatic carbocycles. The molecule has 1 aromatic rings. The Kier molecular flexibility index (Phi) is 3.25. The maximum atomic E-state index is 12.5. The molecular weight excluding hydrogens is 227 g/mol. The predicted molar refractivity (Wildman–Crippen MR) is 46.9 cm³/mol. The Hall–Kier alpha value is -1.53. The van der Waals surface area contributed by atoms with Gasteiger partial charge in [0, 0.05) is 5.92 Å². The lowest BCUT2D eigenvalue weighted by Gasteiger charge is -2.06. The first-order valence-electron chi connectivity index (χ1n) is 4.50. The van der Waals surface area contributed by atoms with Gasteiger partial charge in [-0.3, -0.25) is 4.79 Å². The highest BCUT2D eigenvalue weighted by Crippen LogP contribution is 2.35. The molecule has 1 heterocycles. The van der Waals surface area contributed by atoms with E-state index in [0.717, 1.165) is 0 Å². The molecule has 0 fully saturated rings. The number of alkyl halides is 3. The summed E-state index contributed by atoms with van der Waals surface area (Å²) < 4.78 is 42.3. The van der Waals surface area contributed by atoms with Crippen LogP contribution in [0.15, 0.2) is 4.42 Å². The fraction of sp³-hybridized carbons (Fsp3) is 0.556. The second-order valence-electron chi connectivity index (χ2n) is 3.54. The van der Waals surface area contributed by atoms with E-state index in [1.54, 1.807) is 0 Å². The molecule has 0 amide bonds. The lowest BCUT2D eigenvalue weighted by Crippen LogP contribution is -2.10. The Morgan fingerprint density at radius 1 is 1.50 bits per heavy atom. The monoisotopic (exact) mass is 237 g/mol. The summed E-state index contributed by atoms with van der Waals surface area (Å²) in [4.78, 5) is 13.5. The number of halogens is 3. The molecule has 90 valence electrons. The highest BCUT2D eigenvalue weighted by molar-refractivity contribution is 5.68. The standard InChI is InChI=1S/C9H10F3NO3/c1-4(2)7-8(9(10,11)12)13-5(16-7)3-6(14)15/h4H,3H2,1-2H3,(H,14,15). The molecule has 0 aliphatic heterocycles. The van der Waals surface area contributed by atoms with E-state index in [2.05, 4.69) is 4.98 Å². The summed E-state index contributed by atoms with van der Waals surface area (Å²) in [5.74, 6) is -2.55. The number of nitrogens with zero attached hydrogens (tertiary/aromatic N) is 1. The second-order valence-corrected chi connectivity index (χ2v) is 3.54. The largest absolute Gasteiger partial charge is 0.481 e. The van der Waals surface area contributed by atoms with E-state index in [4.69, 9.17) is 9.52 Å². The van der Waals surface area contributed by atoms with Gasteiger partial charge in [0.05, 0.1) is 0 Å². The van der Waals surface area contributed by atoms with Crippen molar-refractivity contribution in [2.45, 2.75) is 32.4 Å². The van der Waals surface area contributed by atoms with Crippen molar-refractivity contribution < 1.29 is 27.5 Å². The van der Waals surface area contributed by atoms with Crippen LogP contribution < -0.4 is 0 Å². The maximum absolute atomic E-state index is 12.5. The number of aromatic nitrogens is 1. The van der Waals surface area contributed by atoms with Gasteiger partial charge in [-0.25, -0.2) is 4.98 Å². The fourth-order valence-electron chi connectivity index (χ4n) is 1.18. The van der Waals surface area contributed by atoms with E-state index in [9.17, 15) is 18.0 Å². The highest BCUT2D eigenvalue weighted by atomic mass is 19.4. The van der Waals surface area contributed by atoms with E-state index in [1.807, 2.05) is 0 Å². The van der Waals surface area contributed by atoms with Crippen molar-refractivity contribution in [2.75, 3.05) is 0 Å². The Morgan fingerprint density at radius 2 is 2.06 bits per heavy atom. The molecule has 0 aliphatic rings. The first-order valence-corrected chi connectivity index (χ1v) is 4.50. The average molecular weight is 237 g/mol. The number of carboxylic acid groups (broad SMARTS) is 1. The Balaban J connectivity index is 3.15. The molecule has 16 heavy (non-hydrogen) atoms. The molecule has 7 heteroatoms. The normalized spacial score (nSPS) is 12.1. The van der Waals surface area contributed by atoms with Gasteiger partial charge in [-0.05, 0) is 0 Å². The summed E-state index contributed by atoms with van der Waals surface area (Å²) in [6, 6.07) is 0. The molecule has 4 nitrogen and oxygen atoms in total. The van der Waals surface area contributed by atoms with E-state index < -0.39 is 36.1 Å². The molecule has 0 saturated carbocycles. The number of oxazole rings is 1. The number of aliphatic carboxylic acids is 1. The summed E-state index contributed by atoms with van der Waals surface area (Å²) >= 11 is 0. The number of carbonyl (C=O) groups is 1. The van der Waals surface area contributed by atoms with E-state index in [-0.39, 0.29) is 5.76 Å². The topological polar surface area (TPSA) is 63.3 Å². The van der Waals surface area contributed by atoms with Crippen LogP contribution in [0.2, 0.25) is 0 Å². The molecular formula is C9H10F3NO3. The van der Waals surface area contributed by atoms with Crippen LogP contribution in [0.4, 0.5) is 13.2 Å². The molecule has 0 atom stereocenters. The number of hydrogen-bond donors (Lipinski definition) is 1. The van der Waals surface area contributed by atoms with Crippen LogP contribution in [-0.4, -0.2) is 16.1 Å². The van der Waals surface area contributed by atoms with Crippen LogP contribution in [0.5, 0.6) is 0 Å². The molecule has 1 aromatic heterocycles. The van der Waals surface area contributed by atoms with Gasteiger partial charge in [0.1, 0.15) is 12.2 Å². The third kappa shape index (κ3) is 2.74. The Morgan fingerprint density at radius 3 is 2.38 bits per heavy atom. The first kappa shape index (κ1) is 12.5. The van der Waals surface area contributed by atoms with Crippen molar-refractivity contribution in [1.82, 2.24) is 4.98 Å². The van der Waals surface area contributed by atoms with Crippen molar-refractivity contribution in [3.8, 4) is 0 Å². The zero-order valence-corrected chi connectivity index (χ0v) is 8.63. The minimum absolute atomic E-state index is 0.330. The van der Waals surface area contributed by atoms with Gasteiger partial charge in [-0.15, -0.1) is 0 Å². The third-order valence-corrected chi connectivity index (χ3v) is 1.79. The van der Waals surface area contributed by atoms with Crippen LogP contribution in [0.1, 0.15) is 37.1 Å². The summed E-state index contributed by atoms with van der Waals surface area (Å²) in [5.41, 5.74) is -1.14. The predicted octanol–water partition coefficient (Wildman–Crippen LogP) is 2.44. The lowest BCUT2D eigenvalue weighted by atomic mass is 10.1. The molecule has 0 saturated heterocycles. The van der Waals surface area contributed by atoms with Crippen molar-refractivity contribution in [3.05, 3.63) is 17.3 Å². The van der Waals surface area contributed by atoms with Gasteiger partial charge >= 0.3 is 12.1 Å². The van der Waals surface area contributed by atoms with Gasteiger partial charge in [0.15, 0.2) is 5.69 Å². The highest BCUT2D eigenvalue weighted by Gasteiger charge is 2.39. The zero-order chi connectivity index (χ0) is 12.5. The molecule has 0 spiro atoms. The Labute approximate surface area is 89.1 Å². The van der Waals surface area contributed by atoms with Gasteiger partial charge in [-0.2, -0.15) is 13.2 Å². The number of carboxylic acids is 1. The average Bonchev–Trinajstić information content (AvgIpc) is 2.45. The maximum Gasteiger partial charge on any atom is 0.436 e. The zero-order valence-electron chi connectivity index (χ0n) is 8.63. The molecule has 0 unspecified atom stereocenters. The van der Waals surface area contributed by atoms with Crippen molar-refractivity contribution in [2.24, 2.45) is 0 Å². The van der Waals surface area contributed by atoms with Crippen LogP contribution in [-0.2, 0) is 17.4 Å². The quantitative estimate of drug-likeness (QED) is 0.876. The minimum Gasteiger partial charge on any atom is -0.481 e. The SMILES string of the molecule is CC(C)c1oc(CC(=O)O)nc1C(F)(F)F. The third-order valence-electron chi connectivity index (χ3n) is 1.79. The van der Waals surface area contributed by atoms with Gasteiger partial charge in [-0.1, -0.05) is 13.8 Å². The van der Waals surface area contributed by atoms with Crippen LogP contribution in [0.25, 0.3) is 0 Å². The van der Waals surface area contributed by atoms with Crippen LogP contribution >= 0.6 is 0 Å². The van der Waals surface area contributed by atoms with E-state index in [0.29, 0.717) is 0 Å². The molecule has 0 radical (unpaired) electrons. The Bertz CT molecular complexity index is 395. The van der Waals surface area contributed by atoms with Gasteiger partial charge in [0.25, 0.3) is 0 Å². The minimum atomic E-state index is -4.63. The molecule has 1 N–H and O–H groups in total. The molecule has 0 bridgehead atoms. The van der Waals surface area contributed by atoms with Crippen LogP contribution in [0.3, 0.4) is 0 Å². The molecule has 0 aliphatic carbocycles. The summed E-state index contributed by atoms with van der Waals surface area (Å²) in [6.45, 7) is 3.03. The van der Waals surface area contributed by atoms with Crippen molar-refractivity contribution >= 4 is 5.97 Å². The van der Waals surface area contributed by atoms with Gasteiger partial charge in [0.2, 0.25) is 5.89 Å². The van der Waals surface area contributed by atoms with E-state index >= 15 is 0 Å². The summed E-state index contributed by atoms with van der Waals surface area (Å²) in [7, 11) is 0. The summed E-state index contributed by atoms with van der Waals surface area (Å²) in [5, 5.41) is 8.43. The second kappa shape index (κ2) is 4.15. The fourth-order valence-corrected chi connectivity index (χ4v) is 1.18. The van der Waals surface area contributed by atoms with Gasteiger partial charge < -0.3 is 9.52 Å². The van der Waals surface area contributed by atoms with Crippen molar-refractivity contribution in [1.29, 1.82) is 0 Å². The number of rotatable bonds is 3. The first-order chi connectivity index (χ1) is 7.21.